The average Bonchev–Trinajstić information content (AvgIpc) is 2.55. The smallest absolute Gasteiger partial charge is 0.0973 e. The first-order valence-electron chi connectivity index (χ1n) is 5.69. The summed E-state index contributed by atoms with van der Waals surface area (Å²) in [5, 5.41) is 0.540. The molecule has 4 heterocycles. The average molecular weight is 231 g/mol. The molecule has 82 valence electrons. The first-order valence-corrected chi connectivity index (χ1v) is 6.73. The van der Waals surface area contributed by atoms with Crippen LogP contribution in [-0.2, 0) is 0 Å². The molecule has 0 aliphatic carbocycles. The third-order valence-corrected chi connectivity index (χ3v) is 5.22. The van der Waals surface area contributed by atoms with Crippen LogP contribution in [0.15, 0.2) is 17.8 Å². The number of rotatable bonds is 0. The van der Waals surface area contributed by atoms with Gasteiger partial charge < -0.3 is 10.6 Å². The quantitative estimate of drug-likeness (QED) is 0.741. The van der Waals surface area contributed by atoms with Crippen LogP contribution in [0.1, 0.15) is 12.1 Å². The lowest BCUT2D eigenvalue weighted by Crippen LogP contribution is -2.41. The van der Waals surface area contributed by atoms with E-state index in [9.17, 15) is 0 Å². The summed E-state index contributed by atoms with van der Waals surface area (Å²) in [6, 6.07) is 1.91. The molecule has 4 heteroatoms. The van der Waals surface area contributed by atoms with E-state index < -0.39 is 0 Å². The lowest BCUT2D eigenvalue weighted by atomic mass is 9.88. The summed E-state index contributed by atoms with van der Waals surface area (Å²) in [4.78, 5) is 6.90. The van der Waals surface area contributed by atoms with Crippen molar-refractivity contribution in [3.8, 4) is 0 Å². The largest absolute Gasteiger partial charge is 0.397 e. The van der Waals surface area contributed by atoms with Crippen molar-refractivity contribution in [1.29, 1.82) is 0 Å². The highest BCUT2D eigenvalue weighted by molar-refractivity contribution is 8.00. The van der Waals surface area contributed by atoms with Crippen molar-refractivity contribution in [2.24, 2.45) is 5.92 Å². The summed E-state index contributed by atoms with van der Waals surface area (Å²) >= 11 is 2.05. The Kier molecular flexibility index (Phi) is 1.64. The zero-order chi connectivity index (χ0) is 10.7. The van der Waals surface area contributed by atoms with Gasteiger partial charge in [-0.25, -0.2) is 0 Å². The normalized spacial score (nSPS) is 30.0. The van der Waals surface area contributed by atoms with E-state index in [1.807, 2.05) is 12.3 Å². The van der Waals surface area contributed by atoms with Crippen molar-refractivity contribution in [1.82, 2.24) is 4.98 Å². The molecule has 1 aromatic rings. The molecule has 0 amide bonds. The Morgan fingerprint density at radius 2 is 2.44 bits per heavy atom. The molecule has 2 N–H and O–H groups in total. The van der Waals surface area contributed by atoms with Crippen LogP contribution >= 0.6 is 11.8 Å². The molecule has 1 aromatic heterocycles. The summed E-state index contributed by atoms with van der Waals surface area (Å²) in [6.45, 7) is 1.13. The molecule has 3 nitrogen and oxygen atoms in total. The van der Waals surface area contributed by atoms with Crippen molar-refractivity contribution in [3.05, 3.63) is 23.5 Å². The highest BCUT2D eigenvalue weighted by Gasteiger charge is 2.43. The van der Waals surface area contributed by atoms with Gasteiger partial charge in [-0.3, -0.25) is 4.98 Å². The topological polar surface area (TPSA) is 42.1 Å². The number of thioether (sulfide) groups is 1. The maximum absolute atomic E-state index is 6.09. The number of anilines is 2. The molecule has 3 aliphatic rings. The third-order valence-electron chi connectivity index (χ3n) is 3.79. The van der Waals surface area contributed by atoms with Crippen LogP contribution in [0.2, 0.25) is 0 Å². The van der Waals surface area contributed by atoms with Gasteiger partial charge in [0.1, 0.15) is 0 Å². The highest BCUT2D eigenvalue weighted by atomic mass is 32.2. The summed E-state index contributed by atoms with van der Waals surface area (Å²) in [6.07, 6.45) is 5.35. The van der Waals surface area contributed by atoms with Gasteiger partial charge in [-0.2, -0.15) is 0 Å². The molecule has 2 fully saturated rings. The second-order valence-electron chi connectivity index (χ2n) is 4.64. The maximum atomic E-state index is 6.09. The van der Waals surface area contributed by atoms with Crippen LogP contribution in [0.4, 0.5) is 11.4 Å². The fraction of sp³-hybridized carbons (Fsp3) is 0.417. The third kappa shape index (κ3) is 0.981. The van der Waals surface area contributed by atoms with Gasteiger partial charge in [0.15, 0.2) is 0 Å². The molecule has 0 aromatic carbocycles. The van der Waals surface area contributed by atoms with E-state index in [0.717, 1.165) is 29.5 Å². The number of hydrogen-bond acceptors (Lipinski definition) is 4. The second kappa shape index (κ2) is 2.94. The Morgan fingerprint density at radius 3 is 3.38 bits per heavy atom. The van der Waals surface area contributed by atoms with Gasteiger partial charge in [0.2, 0.25) is 0 Å². The Balaban J connectivity index is 1.98. The molecule has 2 saturated heterocycles. The minimum Gasteiger partial charge on any atom is -0.397 e. The number of fused-ring (bicyclic) bond motifs is 2. The first kappa shape index (κ1) is 8.93. The molecule has 0 spiro atoms. The van der Waals surface area contributed by atoms with E-state index in [1.165, 1.54) is 12.2 Å². The molecular weight excluding hydrogens is 218 g/mol. The Bertz CT molecular complexity index is 497. The maximum Gasteiger partial charge on any atom is 0.0973 e. The molecule has 0 saturated carbocycles. The fourth-order valence-corrected chi connectivity index (χ4v) is 4.63. The molecule has 0 radical (unpaired) electrons. The van der Waals surface area contributed by atoms with Crippen molar-refractivity contribution < 1.29 is 0 Å². The van der Waals surface area contributed by atoms with E-state index >= 15 is 0 Å². The van der Waals surface area contributed by atoms with Crippen molar-refractivity contribution >= 4 is 29.2 Å². The minimum absolute atomic E-state index is 0.540. The van der Waals surface area contributed by atoms with Crippen LogP contribution in [-0.4, -0.2) is 22.7 Å². The molecule has 4 rings (SSSR count). The molecular formula is C12H13N3S. The number of nitrogens with two attached hydrogens (primary N) is 1. The minimum atomic E-state index is 0.540. The summed E-state index contributed by atoms with van der Waals surface area (Å²) in [5.41, 5.74) is 10.7. The van der Waals surface area contributed by atoms with Gasteiger partial charge in [0.05, 0.1) is 22.4 Å². The second-order valence-corrected chi connectivity index (χ2v) is 5.76. The van der Waals surface area contributed by atoms with Crippen LogP contribution in [0.5, 0.6) is 0 Å². The lowest BCUT2D eigenvalue weighted by molar-refractivity contribution is 0.553. The van der Waals surface area contributed by atoms with Crippen molar-refractivity contribution in [2.45, 2.75) is 11.8 Å². The number of pyridine rings is 1. The molecule has 4 bridgehead atoms. The van der Waals surface area contributed by atoms with Gasteiger partial charge in [0.25, 0.3) is 0 Å². The van der Waals surface area contributed by atoms with E-state index in [-0.39, 0.29) is 0 Å². The Morgan fingerprint density at radius 1 is 1.50 bits per heavy atom. The Hall–Kier alpha value is -1.16. The summed E-state index contributed by atoms with van der Waals surface area (Å²) < 4.78 is 0. The molecule has 2 unspecified atom stereocenters. The first-order chi connectivity index (χ1) is 7.84. The van der Waals surface area contributed by atoms with Crippen molar-refractivity contribution in [2.75, 3.05) is 22.9 Å². The number of aromatic nitrogens is 1. The predicted molar refractivity (Wildman–Crippen MR) is 68.3 cm³/mol. The molecule has 16 heavy (non-hydrogen) atoms. The molecule has 2 atom stereocenters. The SMILES string of the molecule is Nc1ccnc2c1N1CCC3CSC1C3=C2. The van der Waals surface area contributed by atoms with Gasteiger partial charge in [0, 0.05) is 18.5 Å². The van der Waals surface area contributed by atoms with Crippen LogP contribution in [0.3, 0.4) is 0 Å². The van der Waals surface area contributed by atoms with Gasteiger partial charge in [-0.15, -0.1) is 11.8 Å². The summed E-state index contributed by atoms with van der Waals surface area (Å²) in [7, 11) is 0. The monoisotopic (exact) mass is 231 g/mol. The predicted octanol–water partition coefficient (Wildman–Crippen LogP) is 1.96. The fourth-order valence-electron chi connectivity index (χ4n) is 3.01. The van der Waals surface area contributed by atoms with Crippen LogP contribution in [0, 0.1) is 5.92 Å². The lowest BCUT2D eigenvalue weighted by Gasteiger charge is -2.40. The summed E-state index contributed by atoms with van der Waals surface area (Å²) in [5.74, 6) is 2.04. The Labute approximate surface area is 98.7 Å². The zero-order valence-corrected chi connectivity index (χ0v) is 9.70. The van der Waals surface area contributed by atoms with Crippen molar-refractivity contribution in [3.63, 3.8) is 0 Å². The van der Waals surface area contributed by atoms with E-state index in [0.29, 0.717) is 5.37 Å². The number of piperidine rings is 1. The van der Waals surface area contributed by atoms with Gasteiger partial charge in [-0.05, 0) is 30.1 Å². The standard InChI is InChI=1S/C12H13N3S/c13-9-1-3-14-10-5-8-7-2-4-15(11(9)10)12(8)16-6-7/h1,3,5,7,12H,2,4,6H2,(H2,13,14). The van der Waals surface area contributed by atoms with Crippen LogP contribution in [0.25, 0.3) is 6.08 Å². The number of hydrogen-bond donors (Lipinski definition) is 1. The highest BCUT2D eigenvalue weighted by Crippen LogP contribution is 2.51. The zero-order valence-electron chi connectivity index (χ0n) is 8.89. The van der Waals surface area contributed by atoms with E-state index in [1.54, 1.807) is 5.57 Å². The van der Waals surface area contributed by atoms with Gasteiger partial charge >= 0.3 is 0 Å². The number of nitrogen functional groups attached to an aromatic ring is 1. The number of nitrogens with zero attached hydrogens (tertiary/aromatic N) is 2. The molecule has 3 aliphatic heterocycles. The van der Waals surface area contributed by atoms with Crippen LogP contribution < -0.4 is 10.6 Å². The van der Waals surface area contributed by atoms with Gasteiger partial charge in [-0.1, -0.05) is 0 Å². The van der Waals surface area contributed by atoms with E-state index in [2.05, 4.69) is 27.7 Å². The van der Waals surface area contributed by atoms with E-state index in [4.69, 9.17) is 5.73 Å².